The van der Waals surface area contributed by atoms with Crippen LogP contribution in [-0.2, 0) is 0 Å². The van der Waals surface area contributed by atoms with E-state index in [1.807, 2.05) is 74.2 Å². The summed E-state index contributed by atoms with van der Waals surface area (Å²) in [6, 6.07) is 20.4. The number of piperazine rings is 1. The van der Waals surface area contributed by atoms with Gasteiger partial charge in [0, 0.05) is 48.5 Å². The molecular formula is C33H36N4O6S. The first kappa shape index (κ1) is 30.7. The Morgan fingerprint density at radius 1 is 0.841 bits per heavy atom. The maximum atomic E-state index is 13.1. The van der Waals surface area contributed by atoms with Crippen LogP contribution in [-0.4, -0.2) is 67.8 Å². The summed E-state index contributed by atoms with van der Waals surface area (Å²) < 4.78 is 22.9. The van der Waals surface area contributed by atoms with Crippen LogP contribution in [0.5, 0.6) is 17.2 Å². The van der Waals surface area contributed by atoms with E-state index in [0.717, 1.165) is 16.8 Å². The van der Waals surface area contributed by atoms with Crippen molar-refractivity contribution in [2.24, 2.45) is 0 Å². The molecule has 1 aliphatic rings. The van der Waals surface area contributed by atoms with Gasteiger partial charge in [0.15, 0.2) is 22.4 Å². The van der Waals surface area contributed by atoms with Gasteiger partial charge >= 0.3 is 0 Å². The molecule has 0 spiro atoms. The number of anilines is 2. The average Bonchev–Trinajstić information content (AvgIpc) is 3.47. The second-order valence-corrected chi connectivity index (χ2v) is 10.4. The molecule has 2 amide bonds. The van der Waals surface area contributed by atoms with E-state index in [1.54, 1.807) is 18.2 Å². The summed E-state index contributed by atoms with van der Waals surface area (Å²) in [5.74, 6) is 1.20. The predicted octanol–water partition coefficient (Wildman–Crippen LogP) is 5.72. The Hall–Kier alpha value is -4.77. The van der Waals surface area contributed by atoms with Gasteiger partial charge in [0.05, 0.1) is 19.8 Å². The summed E-state index contributed by atoms with van der Waals surface area (Å²) in [7, 11) is 0. The van der Waals surface area contributed by atoms with Crippen LogP contribution in [0.25, 0.3) is 11.0 Å². The molecule has 0 atom stereocenters. The third-order valence-electron chi connectivity index (χ3n) is 7.09. The fraction of sp³-hybridized carbons (Fsp3) is 0.303. The maximum absolute atomic E-state index is 13.1. The number of carbonyl (C=O) groups is 2. The van der Waals surface area contributed by atoms with Crippen LogP contribution in [0.4, 0.5) is 11.4 Å². The van der Waals surface area contributed by atoms with E-state index in [4.69, 9.17) is 30.8 Å². The fourth-order valence-corrected chi connectivity index (χ4v) is 5.23. The quantitative estimate of drug-likeness (QED) is 0.217. The van der Waals surface area contributed by atoms with Crippen molar-refractivity contribution in [3.63, 3.8) is 0 Å². The molecule has 1 aromatic heterocycles. The zero-order chi connectivity index (χ0) is 31.1. The van der Waals surface area contributed by atoms with Crippen LogP contribution in [0.2, 0.25) is 0 Å². The Morgan fingerprint density at radius 2 is 1.48 bits per heavy atom. The molecule has 2 N–H and O–H groups in total. The van der Waals surface area contributed by atoms with Gasteiger partial charge < -0.3 is 33.7 Å². The van der Waals surface area contributed by atoms with Crippen LogP contribution < -0.4 is 29.7 Å². The van der Waals surface area contributed by atoms with E-state index in [2.05, 4.69) is 15.5 Å². The molecule has 11 heteroatoms. The second kappa shape index (κ2) is 14.1. The summed E-state index contributed by atoms with van der Waals surface area (Å²) in [4.78, 5) is 30.1. The summed E-state index contributed by atoms with van der Waals surface area (Å²) in [5, 5.41) is 6.87. The second-order valence-electron chi connectivity index (χ2n) is 9.98. The van der Waals surface area contributed by atoms with Crippen molar-refractivity contribution in [2.45, 2.75) is 20.8 Å². The van der Waals surface area contributed by atoms with Gasteiger partial charge in [-0.25, -0.2) is 0 Å². The van der Waals surface area contributed by atoms with Gasteiger partial charge in [-0.05, 0) is 81.5 Å². The van der Waals surface area contributed by atoms with E-state index in [9.17, 15) is 9.59 Å². The molecule has 44 heavy (non-hydrogen) atoms. The number of nitrogens with one attached hydrogen (secondary N) is 2. The van der Waals surface area contributed by atoms with Gasteiger partial charge in [-0.15, -0.1) is 0 Å². The van der Waals surface area contributed by atoms with Crippen LogP contribution in [0.1, 0.15) is 41.7 Å². The highest BCUT2D eigenvalue weighted by Crippen LogP contribution is 2.39. The van der Waals surface area contributed by atoms with E-state index in [0.29, 0.717) is 80.2 Å². The molecule has 0 unspecified atom stereocenters. The number of furan rings is 1. The zero-order valence-corrected chi connectivity index (χ0v) is 25.9. The van der Waals surface area contributed by atoms with Crippen LogP contribution in [0.3, 0.4) is 0 Å². The number of benzene rings is 3. The Bertz CT molecular complexity index is 1570. The molecule has 1 saturated heterocycles. The summed E-state index contributed by atoms with van der Waals surface area (Å²) in [6.07, 6.45) is 0. The first-order valence-electron chi connectivity index (χ1n) is 14.7. The Balaban J connectivity index is 1.16. The zero-order valence-electron chi connectivity index (χ0n) is 25.1. The van der Waals surface area contributed by atoms with E-state index >= 15 is 0 Å². The van der Waals surface area contributed by atoms with Gasteiger partial charge in [-0.1, -0.05) is 18.2 Å². The third-order valence-corrected chi connectivity index (χ3v) is 7.30. The Kier molecular flexibility index (Phi) is 9.86. The van der Waals surface area contributed by atoms with Crippen molar-refractivity contribution in [1.29, 1.82) is 0 Å². The molecule has 5 rings (SSSR count). The molecule has 230 valence electrons. The van der Waals surface area contributed by atoms with Crippen molar-refractivity contribution in [1.82, 2.24) is 10.2 Å². The standard InChI is InChI=1S/C33H36N4O6S/c1-4-40-27-20-23(21-28(41-5-2)30(27)42-6-3)31(38)35-33(44)34-24-11-13-25(14-12-24)36-15-17-37(18-16-36)32(39)29-19-22-9-7-8-10-26(22)43-29/h7-14,19-21H,4-6,15-18H2,1-3H3,(H2,34,35,38,44). The minimum absolute atomic E-state index is 0.0931. The minimum atomic E-state index is -0.404. The highest BCUT2D eigenvalue weighted by molar-refractivity contribution is 7.80. The van der Waals surface area contributed by atoms with Gasteiger partial charge in [-0.2, -0.15) is 0 Å². The van der Waals surface area contributed by atoms with Crippen molar-refractivity contribution in [3.05, 3.63) is 78.1 Å². The first-order valence-corrected chi connectivity index (χ1v) is 15.1. The maximum Gasteiger partial charge on any atom is 0.289 e. The molecule has 0 radical (unpaired) electrons. The molecule has 0 saturated carbocycles. The molecule has 0 bridgehead atoms. The summed E-state index contributed by atoms with van der Waals surface area (Å²) in [5.41, 5.74) is 2.81. The van der Waals surface area contributed by atoms with E-state index < -0.39 is 5.91 Å². The molecule has 4 aromatic rings. The molecule has 1 aliphatic heterocycles. The highest BCUT2D eigenvalue weighted by atomic mass is 32.1. The van der Waals surface area contributed by atoms with Crippen molar-refractivity contribution in [2.75, 3.05) is 56.2 Å². The number of nitrogens with zero attached hydrogens (tertiary/aromatic N) is 2. The molecule has 1 fully saturated rings. The van der Waals surface area contributed by atoms with Gasteiger partial charge in [0.25, 0.3) is 11.8 Å². The van der Waals surface area contributed by atoms with Gasteiger partial charge in [0.2, 0.25) is 5.75 Å². The Labute approximate surface area is 261 Å². The van der Waals surface area contributed by atoms with Crippen LogP contribution >= 0.6 is 12.2 Å². The summed E-state index contributed by atoms with van der Waals surface area (Å²) >= 11 is 5.42. The number of carbonyl (C=O) groups excluding carboxylic acids is 2. The third kappa shape index (κ3) is 7.05. The highest BCUT2D eigenvalue weighted by Gasteiger charge is 2.25. The van der Waals surface area contributed by atoms with Crippen LogP contribution in [0.15, 0.2) is 71.1 Å². The molecule has 3 aromatic carbocycles. The predicted molar refractivity (Wildman–Crippen MR) is 174 cm³/mol. The molecular weight excluding hydrogens is 580 g/mol. The average molecular weight is 617 g/mol. The lowest BCUT2D eigenvalue weighted by Gasteiger charge is -2.35. The van der Waals surface area contributed by atoms with Crippen molar-refractivity contribution >= 4 is 51.5 Å². The number of amides is 2. The number of fused-ring (bicyclic) bond motifs is 1. The SMILES string of the molecule is CCOc1cc(C(=O)NC(=S)Nc2ccc(N3CCN(C(=O)c4cc5ccccc5o4)CC3)cc2)cc(OCC)c1OCC. The van der Waals surface area contributed by atoms with E-state index in [1.165, 1.54) is 0 Å². The number of para-hydroxylation sites is 1. The Morgan fingerprint density at radius 3 is 2.09 bits per heavy atom. The monoisotopic (exact) mass is 616 g/mol. The lowest BCUT2D eigenvalue weighted by Crippen LogP contribution is -2.48. The number of thiocarbonyl (C=S) groups is 1. The minimum Gasteiger partial charge on any atom is -0.490 e. The van der Waals surface area contributed by atoms with E-state index in [-0.39, 0.29) is 11.0 Å². The molecule has 2 heterocycles. The lowest BCUT2D eigenvalue weighted by atomic mass is 10.1. The largest absolute Gasteiger partial charge is 0.490 e. The van der Waals surface area contributed by atoms with Crippen molar-refractivity contribution < 1.29 is 28.2 Å². The first-order chi connectivity index (χ1) is 21.4. The molecule has 10 nitrogen and oxygen atoms in total. The smallest absolute Gasteiger partial charge is 0.289 e. The fourth-order valence-electron chi connectivity index (χ4n) is 5.02. The van der Waals surface area contributed by atoms with Crippen LogP contribution in [0, 0.1) is 0 Å². The normalized spacial score (nSPS) is 13.0. The summed E-state index contributed by atoms with van der Waals surface area (Å²) in [6.45, 7) is 9.41. The van der Waals surface area contributed by atoms with Gasteiger partial charge in [-0.3, -0.25) is 14.9 Å². The lowest BCUT2D eigenvalue weighted by molar-refractivity contribution is 0.0717. The number of hydrogen-bond donors (Lipinski definition) is 2. The number of rotatable bonds is 10. The number of hydrogen-bond acceptors (Lipinski definition) is 8. The molecule has 0 aliphatic carbocycles. The van der Waals surface area contributed by atoms with Gasteiger partial charge in [0.1, 0.15) is 5.58 Å². The topological polar surface area (TPSA) is 106 Å². The number of ether oxygens (including phenoxy) is 3. The van der Waals surface area contributed by atoms with Crippen molar-refractivity contribution in [3.8, 4) is 17.2 Å².